The van der Waals surface area contributed by atoms with Gasteiger partial charge in [-0.1, -0.05) is 87.5 Å². The Labute approximate surface area is 170 Å². The third-order valence-corrected chi connectivity index (χ3v) is 9.31. The fraction of sp³-hybridized carbons (Fsp3) is 1.00. The zero-order chi connectivity index (χ0) is 20.6. The molecule has 2 heteroatoms. The molecule has 0 spiro atoms. The number of hydrogen-bond donors (Lipinski definition) is 2. The van der Waals surface area contributed by atoms with Gasteiger partial charge in [-0.05, 0) is 54.3 Å². The molecule has 0 heterocycles. The summed E-state index contributed by atoms with van der Waals surface area (Å²) in [7, 11) is 0. The highest BCUT2D eigenvalue weighted by atomic mass is 15.0. The van der Waals surface area contributed by atoms with Gasteiger partial charge in [-0.3, -0.25) is 0 Å². The minimum absolute atomic E-state index is 0.0669. The number of nitrogens with two attached hydrogens (primary N) is 2. The number of hydrogen-bond acceptors (Lipinski definition) is 2. The fourth-order valence-electron chi connectivity index (χ4n) is 8.50. The average molecular weight is 379 g/mol. The smallest absolute Gasteiger partial charge is 0.0398 e. The Bertz CT molecular complexity index is 467. The van der Waals surface area contributed by atoms with Crippen molar-refractivity contribution in [3.05, 3.63) is 0 Å². The van der Waals surface area contributed by atoms with Gasteiger partial charge < -0.3 is 11.5 Å². The van der Waals surface area contributed by atoms with Crippen LogP contribution in [0.25, 0.3) is 0 Å². The van der Waals surface area contributed by atoms with Gasteiger partial charge in [0, 0.05) is 17.0 Å². The van der Waals surface area contributed by atoms with Crippen molar-refractivity contribution in [2.24, 2.45) is 51.9 Å². The van der Waals surface area contributed by atoms with E-state index in [2.05, 4.69) is 55.4 Å². The molecular weight excluding hydrogens is 328 g/mol. The van der Waals surface area contributed by atoms with Gasteiger partial charge in [0.25, 0.3) is 0 Å². The predicted octanol–water partition coefficient (Wildman–Crippen LogP) is 6.37. The third-order valence-electron chi connectivity index (χ3n) is 9.31. The lowest BCUT2D eigenvalue weighted by Crippen LogP contribution is -2.79. The van der Waals surface area contributed by atoms with Gasteiger partial charge in [0.15, 0.2) is 0 Å². The molecule has 2 nitrogen and oxygen atoms in total. The summed E-state index contributed by atoms with van der Waals surface area (Å²) in [4.78, 5) is 0. The van der Waals surface area contributed by atoms with Crippen LogP contribution in [0.3, 0.4) is 0 Å². The quantitative estimate of drug-likeness (QED) is 0.564. The van der Waals surface area contributed by atoms with Crippen LogP contribution < -0.4 is 11.5 Å². The van der Waals surface area contributed by atoms with Crippen molar-refractivity contribution in [1.29, 1.82) is 0 Å². The molecule has 160 valence electrons. The van der Waals surface area contributed by atoms with Crippen molar-refractivity contribution in [3.8, 4) is 0 Å². The molecule has 0 saturated heterocycles. The zero-order valence-corrected chi connectivity index (χ0v) is 19.8. The SMILES string of the molecule is CC(C)C1(CC2CCCCC2)CCC(N)C(N)(C(C)C)C1(C(C)C)C(C)C. The zero-order valence-electron chi connectivity index (χ0n) is 19.8. The molecule has 0 aromatic carbocycles. The lowest BCUT2D eigenvalue weighted by Gasteiger charge is -2.72. The van der Waals surface area contributed by atoms with Gasteiger partial charge in [-0.25, -0.2) is 0 Å². The molecule has 0 amide bonds. The molecule has 2 saturated carbocycles. The van der Waals surface area contributed by atoms with Crippen LogP contribution >= 0.6 is 0 Å². The van der Waals surface area contributed by atoms with Crippen molar-refractivity contribution in [2.45, 2.75) is 118 Å². The Kier molecular flexibility index (Phi) is 7.17. The van der Waals surface area contributed by atoms with Gasteiger partial charge in [-0.2, -0.15) is 0 Å². The Morgan fingerprint density at radius 2 is 1.26 bits per heavy atom. The first-order valence-electron chi connectivity index (χ1n) is 12.0. The lowest BCUT2D eigenvalue weighted by atomic mass is 9.35. The molecule has 0 aromatic rings. The Morgan fingerprint density at radius 1 is 0.741 bits per heavy atom. The minimum Gasteiger partial charge on any atom is -0.326 e. The Balaban J connectivity index is 2.70. The summed E-state index contributed by atoms with van der Waals surface area (Å²) < 4.78 is 0. The van der Waals surface area contributed by atoms with Gasteiger partial charge in [-0.15, -0.1) is 0 Å². The van der Waals surface area contributed by atoms with E-state index in [4.69, 9.17) is 11.5 Å². The van der Waals surface area contributed by atoms with Crippen LogP contribution in [-0.4, -0.2) is 11.6 Å². The minimum atomic E-state index is -0.313. The first-order valence-corrected chi connectivity index (χ1v) is 12.0. The molecule has 2 fully saturated rings. The summed E-state index contributed by atoms with van der Waals surface area (Å²) in [6, 6.07) is 0.0977. The lowest BCUT2D eigenvalue weighted by molar-refractivity contribution is -0.200. The summed E-state index contributed by atoms with van der Waals surface area (Å²) in [6.07, 6.45) is 10.8. The second kappa shape index (κ2) is 8.34. The molecule has 0 aromatic heterocycles. The molecule has 0 aliphatic heterocycles. The molecule has 0 bridgehead atoms. The van der Waals surface area contributed by atoms with E-state index < -0.39 is 0 Å². The van der Waals surface area contributed by atoms with Crippen molar-refractivity contribution in [1.82, 2.24) is 0 Å². The Morgan fingerprint density at radius 3 is 1.67 bits per heavy atom. The van der Waals surface area contributed by atoms with Crippen LogP contribution in [0.15, 0.2) is 0 Å². The van der Waals surface area contributed by atoms with Crippen LogP contribution in [0.1, 0.15) is 107 Å². The van der Waals surface area contributed by atoms with Crippen LogP contribution in [0.2, 0.25) is 0 Å². The normalized spacial score (nSPS) is 35.6. The molecular formula is C25H50N2. The van der Waals surface area contributed by atoms with E-state index in [1.807, 2.05) is 0 Å². The summed E-state index contributed by atoms with van der Waals surface area (Å²) in [5.41, 5.74) is 14.5. The molecule has 2 rings (SSSR count). The molecule has 3 unspecified atom stereocenters. The molecule has 27 heavy (non-hydrogen) atoms. The molecule has 4 N–H and O–H groups in total. The summed E-state index contributed by atoms with van der Waals surface area (Å²) in [5.74, 6) is 2.97. The van der Waals surface area contributed by atoms with Crippen LogP contribution in [-0.2, 0) is 0 Å². The third kappa shape index (κ3) is 3.31. The van der Waals surface area contributed by atoms with E-state index in [0.29, 0.717) is 23.7 Å². The average Bonchev–Trinajstić information content (AvgIpc) is 2.58. The van der Waals surface area contributed by atoms with Crippen molar-refractivity contribution in [3.63, 3.8) is 0 Å². The van der Waals surface area contributed by atoms with Crippen molar-refractivity contribution >= 4 is 0 Å². The van der Waals surface area contributed by atoms with Crippen LogP contribution in [0.5, 0.6) is 0 Å². The van der Waals surface area contributed by atoms with Gasteiger partial charge in [0.2, 0.25) is 0 Å². The maximum absolute atomic E-state index is 7.52. The van der Waals surface area contributed by atoms with E-state index in [-0.39, 0.29) is 22.4 Å². The summed E-state index contributed by atoms with van der Waals surface area (Å²) in [6.45, 7) is 19.4. The monoisotopic (exact) mass is 378 g/mol. The molecule has 2 aliphatic carbocycles. The summed E-state index contributed by atoms with van der Waals surface area (Å²) in [5, 5.41) is 0. The second-order valence-corrected chi connectivity index (χ2v) is 11.4. The van der Waals surface area contributed by atoms with Crippen LogP contribution in [0.4, 0.5) is 0 Å². The van der Waals surface area contributed by atoms with Crippen molar-refractivity contribution < 1.29 is 0 Å². The molecule has 2 aliphatic rings. The summed E-state index contributed by atoms with van der Waals surface area (Å²) >= 11 is 0. The van der Waals surface area contributed by atoms with Gasteiger partial charge >= 0.3 is 0 Å². The predicted molar refractivity (Wildman–Crippen MR) is 120 cm³/mol. The first-order chi connectivity index (χ1) is 12.5. The first kappa shape index (κ1) is 23.2. The largest absolute Gasteiger partial charge is 0.326 e. The van der Waals surface area contributed by atoms with E-state index in [0.717, 1.165) is 12.3 Å². The molecule has 0 radical (unpaired) electrons. The van der Waals surface area contributed by atoms with E-state index >= 15 is 0 Å². The maximum Gasteiger partial charge on any atom is 0.0398 e. The fourth-order valence-corrected chi connectivity index (χ4v) is 8.50. The van der Waals surface area contributed by atoms with Crippen LogP contribution in [0, 0.1) is 40.4 Å². The van der Waals surface area contributed by atoms with E-state index in [1.165, 1.54) is 44.9 Å². The second-order valence-electron chi connectivity index (χ2n) is 11.4. The highest BCUT2D eigenvalue weighted by Crippen LogP contribution is 2.69. The van der Waals surface area contributed by atoms with Crippen molar-refractivity contribution in [2.75, 3.05) is 0 Å². The highest BCUT2D eigenvalue weighted by Gasteiger charge is 2.69. The maximum atomic E-state index is 7.52. The van der Waals surface area contributed by atoms with Gasteiger partial charge in [0.1, 0.15) is 0 Å². The standard InChI is InChI=1S/C25H50N2/c1-17(2)23(16-21-12-10-9-11-13-21)15-14-22(26)25(27,20(7)8)24(23,18(3)4)19(5)6/h17-22H,9-16,26-27H2,1-8H3. The molecule has 3 atom stereocenters. The highest BCUT2D eigenvalue weighted by molar-refractivity contribution is 5.22. The Hall–Kier alpha value is -0.0800. The van der Waals surface area contributed by atoms with E-state index in [9.17, 15) is 0 Å². The number of rotatable bonds is 6. The van der Waals surface area contributed by atoms with E-state index in [1.54, 1.807) is 0 Å². The van der Waals surface area contributed by atoms with Gasteiger partial charge in [0.05, 0.1) is 0 Å². The topological polar surface area (TPSA) is 52.0 Å².